The van der Waals surface area contributed by atoms with Crippen LogP contribution >= 0.6 is 11.6 Å². The largest absolute Gasteiger partial charge is 0.480 e. The minimum atomic E-state index is -1.37. The monoisotopic (exact) mass is 253 g/mol. The predicted octanol–water partition coefficient (Wildman–Crippen LogP) is 1.12. The summed E-state index contributed by atoms with van der Waals surface area (Å²) in [5, 5.41) is 9.34. The highest BCUT2D eigenvalue weighted by Crippen LogP contribution is 2.31. The minimum Gasteiger partial charge on any atom is -0.480 e. The molecule has 0 bridgehead atoms. The first-order chi connectivity index (χ1) is 7.93. The van der Waals surface area contributed by atoms with Gasteiger partial charge in [0.1, 0.15) is 0 Å². The molecule has 5 nitrogen and oxygen atoms in total. The molecule has 2 amide bonds. The van der Waals surface area contributed by atoms with E-state index in [9.17, 15) is 14.4 Å². The highest BCUT2D eigenvalue weighted by Gasteiger charge is 2.41. The van der Waals surface area contributed by atoms with E-state index in [0.717, 1.165) is 4.90 Å². The van der Waals surface area contributed by atoms with Gasteiger partial charge in [0.25, 0.3) is 5.91 Å². The van der Waals surface area contributed by atoms with Gasteiger partial charge >= 0.3 is 5.97 Å². The molecule has 0 fully saturated rings. The molecule has 2 rings (SSSR count). The number of nitrogens with zero attached hydrogens (tertiary/aromatic N) is 1. The van der Waals surface area contributed by atoms with Gasteiger partial charge in [0, 0.05) is 17.6 Å². The second-order valence-electron chi connectivity index (χ2n) is 3.71. The van der Waals surface area contributed by atoms with Gasteiger partial charge in [-0.15, -0.1) is 0 Å². The molecule has 0 aliphatic carbocycles. The van der Waals surface area contributed by atoms with E-state index in [1.54, 1.807) is 0 Å². The molecule has 1 aromatic carbocycles. The van der Waals surface area contributed by atoms with Crippen molar-refractivity contribution in [3.8, 4) is 0 Å². The van der Waals surface area contributed by atoms with Crippen molar-refractivity contribution < 1.29 is 19.5 Å². The lowest BCUT2D eigenvalue weighted by Crippen LogP contribution is -2.44. The fourth-order valence-electron chi connectivity index (χ4n) is 1.81. The smallest absolute Gasteiger partial charge is 0.320 e. The van der Waals surface area contributed by atoms with E-state index < -0.39 is 23.7 Å². The number of rotatable bonds is 1. The van der Waals surface area contributed by atoms with Crippen LogP contribution in [-0.4, -0.2) is 34.8 Å². The third-order valence-electron chi connectivity index (χ3n) is 2.68. The van der Waals surface area contributed by atoms with E-state index in [1.807, 2.05) is 0 Å². The molecule has 6 heteroatoms. The van der Waals surface area contributed by atoms with E-state index in [2.05, 4.69) is 0 Å². The van der Waals surface area contributed by atoms with Gasteiger partial charge in [-0.25, -0.2) is 0 Å². The van der Waals surface area contributed by atoms with Crippen LogP contribution in [0, 0.1) is 0 Å². The van der Waals surface area contributed by atoms with Crippen molar-refractivity contribution >= 4 is 29.4 Å². The van der Waals surface area contributed by atoms with Gasteiger partial charge in [0.2, 0.25) is 5.91 Å². The number of carbonyl (C=O) groups excluding carboxylic acids is 2. The number of fused-ring (bicyclic) bond motifs is 1. The van der Waals surface area contributed by atoms with Crippen LogP contribution in [0.5, 0.6) is 0 Å². The van der Waals surface area contributed by atoms with Crippen LogP contribution in [0.4, 0.5) is 0 Å². The third kappa shape index (κ3) is 1.68. The SMILES string of the molecule is CN1C(=O)c2ccc(Cl)cc2C(C(=O)O)C1=O. The lowest BCUT2D eigenvalue weighted by Gasteiger charge is -2.27. The zero-order valence-electron chi connectivity index (χ0n) is 8.81. The number of hydrogen-bond acceptors (Lipinski definition) is 3. The molecule has 17 heavy (non-hydrogen) atoms. The van der Waals surface area contributed by atoms with Crippen LogP contribution in [0.1, 0.15) is 21.8 Å². The topological polar surface area (TPSA) is 74.7 Å². The Morgan fingerprint density at radius 2 is 2.06 bits per heavy atom. The first-order valence-corrected chi connectivity index (χ1v) is 5.15. The number of imide groups is 1. The quantitative estimate of drug-likeness (QED) is 0.601. The number of carboxylic acids is 1. The molecule has 0 saturated heterocycles. The molecule has 1 heterocycles. The Hall–Kier alpha value is -1.88. The van der Waals surface area contributed by atoms with Gasteiger partial charge in [-0.1, -0.05) is 11.6 Å². The van der Waals surface area contributed by atoms with Gasteiger partial charge < -0.3 is 5.11 Å². The van der Waals surface area contributed by atoms with Crippen LogP contribution in [0.3, 0.4) is 0 Å². The van der Waals surface area contributed by atoms with Gasteiger partial charge in [-0.3, -0.25) is 19.3 Å². The molecule has 88 valence electrons. The molecule has 1 unspecified atom stereocenters. The molecule has 1 aromatic rings. The minimum absolute atomic E-state index is 0.151. The van der Waals surface area contributed by atoms with Crippen molar-refractivity contribution in [2.45, 2.75) is 5.92 Å². The van der Waals surface area contributed by atoms with E-state index in [0.29, 0.717) is 5.02 Å². The molecular formula is C11H8ClNO4. The number of carbonyl (C=O) groups is 3. The second kappa shape index (κ2) is 3.85. The number of likely N-dealkylation sites (N-methyl/N-ethyl adjacent to an activating group) is 1. The molecule has 1 N–H and O–H groups in total. The second-order valence-corrected chi connectivity index (χ2v) is 4.14. The van der Waals surface area contributed by atoms with E-state index in [4.69, 9.17) is 16.7 Å². The normalized spacial score (nSPS) is 19.2. The van der Waals surface area contributed by atoms with Crippen LogP contribution in [0.15, 0.2) is 18.2 Å². The van der Waals surface area contributed by atoms with Crippen LogP contribution in [-0.2, 0) is 9.59 Å². The summed E-state index contributed by atoms with van der Waals surface area (Å²) in [5.41, 5.74) is 0.349. The summed E-state index contributed by atoms with van der Waals surface area (Å²) in [4.78, 5) is 35.4. The van der Waals surface area contributed by atoms with Gasteiger partial charge in [-0.05, 0) is 23.8 Å². The summed E-state index contributed by atoms with van der Waals surface area (Å²) in [6.45, 7) is 0. The lowest BCUT2D eigenvalue weighted by atomic mass is 9.89. The summed E-state index contributed by atoms with van der Waals surface area (Å²) in [7, 11) is 1.26. The van der Waals surface area contributed by atoms with Crippen molar-refractivity contribution in [1.82, 2.24) is 4.90 Å². The predicted molar refractivity (Wildman–Crippen MR) is 58.9 cm³/mol. The highest BCUT2D eigenvalue weighted by atomic mass is 35.5. The fraction of sp³-hybridized carbons (Fsp3) is 0.182. The number of halogens is 1. The molecule has 0 aromatic heterocycles. The Bertz CT molecular complexity index is 540. The first kappa shape index (κ1) is 11.6. The fourth-order valence-corrected chi connectivity index (χ4v) is 1.99. The number of benzene rings is 1. The van der Waals surface area contributed by atoms with Gasteiger partial charge in [0.05, 0.1) is 0 Å². The maximum atomic E-state index is 11.8. The van der Waals surface area contributed by atoms with Gasteiger partial charge in [0.15, 0.2) is 5.92 Å². The molecule has 1 atom stereocenters. The Balaban J connectivity index is 2.69. The van der Waals surface area contributed by atoms with E-state index in [-0.39, 0.29) is 11.1 Å². The van der Waals surface area contributed by atoms with Crippen molar-refractivity contribution in [3.05, 3.63) is 34.3 Å². The van der Waals surface area contributed by atoms with Crippen molar-refractivity contribution in [1.29, 1.82) is 0 Å². The van der Waals surface area contributed by atoms with Crippen LogP contribution in [0.25, 0.3) is 0 Å². The lowest BCUT2D eigenvalue weighted by molar-refractivity contribution is -0.145. The Labute approximate surface area is 102 Å². The molecule has 1 aliphatic heterocycles. The highest BCUT2D eigenvalue weighted by molar-refractivity contribution is 6.31. The average Bonchev–Trinajstić information content (AvgIpc) is 2.25. The summed E-state index contributed by atoms with van der Waals surface area (Å²) < 4.78 is 0. The Kier molecular flexibility index (Phi) is 2.63. The molecule has 0 spiro atoms. The number of amides is 2. The zero-order valence-corrected chi connectivity index (χ0v) is 9.56. The average molecular weight is 254 g/mol. The number of aliphatic carboxylic acids is 1. The Morgan fingerprint density at radius 1 is 1.41 bits per heavy atom. The molecule has 0 saturated carbocycles. The third-order valence-corrected chi connectivity index (χ3v) is 2.92. The van der Waals surface area contributed by atoms with Crippen LogP contribution in [0.2, 0.25) is 5.02 Å². The summed E-state index contributed by atoms with van der Waals surface area (Å²) in [6.07, 6.45) is 0. The summed E-state index contributed by atoms with van der Waals surface area (Å²) in [5.74, 6) is -3.93. The van der Waals surface area contributed by atoms with Gasteiger partial charge in [-0.2, -0.15) is 0 Å². The van der Waals surface area contributed by atoms with E-state index in [1.165, 1.54) is 25.2 Å². The molecule has 0 radical (unpaired) electrons. The molecular weight excluding hydrogens is 246 g/mol. The van der Waals surface area contributed by atoms with E-state index >= 15 is 0 Å². The maximum absolute atomic E-state index is 11.8. The van der Waals surface area contributed by atoms with Crippen molar-refractivity contribution in [2.24, 2.45) is 0 Å². The summed E-state index contributed by atoms with van der Waals surface area (Å²) in [6, 6.07) is 4.26. The van der Waals surface area contributed by atoms with Crippen LogP contribution < -0.4 is 0 Å². The van der Waals surface area contributed by atoms with Crippen molar-refractivity contribution in [3.63, 3.8) is 0 Å². The molecule has 1 aliphatic rings. The number of carboxylic acid groups (broad SMARTS) is 1. The Morgan fingerprint density at radius 3 is 2.65 bits per heavy atom. The summed E-state index contributed by atoms with van der Waals surface area (Å²) >= 11 is 5.75. The number of hydrogen-bond donors (Lipinski definition) is 1. The zero-order chi connectivity index (χ0) is 12.7. The first-order valence-electron chi connectivity index (χ1n) is 4.77. The van der Waals surface area contributed by atoms with Crippen molar-refractivity contribution in [2.75, 3.05) is 7.05 Å². The standard InChI is InChI=1S/C11H8ClNO4/c1-13-9(14)6-3-2-5(12)4-7(6)8(10(13)15)11(16)17/h2-4,8H,1H3,(H,16,17). The maximum Gasteiger partial charge on any atom is 0.320 e.